The van der Waals surface area contributed by atoms with Gasteiger partial charge in [-0.15, -0.1) is 0 Å². The van der Waals surface area contributed by atoms with Crippen LogP contribution in [0.25, 0.3) is 5.69 Å². The average molecular weight is 558 g/mol. The van der Waals surface area contributed by atoms with Crippen LogP contribution in [0.15, 0.2) is 48.7 Å². The number of piperazine rings is 1. The van der Waals surface area contributed by atoms with Crippen molar-refractivity contribution >= 4 is 29.3 Å². The molecule has 5 rings (SSSR count). The van der Waals surface area contributed by atoms with Gasteiger partial charge in [0.2, 0.25) is 5.91 Å². The molecule has 3 heterocycles. The van der Waals surface area contributed by atoms with E-state index >= 15 is 0 Å². The number of anilines is 3. The fourth-order valence-corrected chi connectivity index (χ4v) is 5.71. The van der Waals surface area contributed by atoms with E-state index in [1.807, 2.05) is 54.3 Å². The quantitative estimate of drug-likeness (QED) is 0.393. The molecule has 2 N–H and O–H groups in total. The number of aryl methyl sites for hydroxylation is 1. The van der Waals surface area contributed by atoms with Crippen molar-refractivity contribution in [2.75, 3.05) is 41.7 Å². The van der Waals surface area contributed by atoms with E-state index in [0.29, 0.717) is 30.5 Å². The number of nitrogens with one attached hydrogen (secondary N) is 2. The number of benzene rings is 1. The van der Waals surface area contributed by atoms with Crippen molar-refractivity contribution in [1.82, 2.24) is 19.7 Å². The van der Waals surface area contributed by atoms with Crippen LogP contribution in [0.1, 0.15) is 71.1 Å². The molecule has 3 aromatic rings. The molecule has 218 valence electrons. The summed E-state index contributed by atoms with van der Waals surface area (Å²) in [5, 5.41) is 10.6. The molecule has 1 saturated heterocycles. The molecule has 41 heavy (non-hydrogen) atoms. The minimum Gasteiger partial charge on any atom is -0.353 e. The summed E-state index contributed by atoms with van der Waals surface area (Å²) >= 11 is 0. The number of rotatable bonds is 5. The zero-order valence-corrected chi connectivity index (χ0v) is 25.0. The molecule has 2 fully saturated rings. The minimum atomic E-state index is -0.364. The monoisotopic (exact) mass is 557 g/mol. The van der Waals surface area contributed by atoms with Crippen molar-refractivity contribution < 1.29 is 9.59 Å². The topological polar surface area (TPSA) is 95.4 Å². The van der Waals surface area contributed by atoms with Gasteiger partial charge in [-0.3, -0.25) is 10.1 Å². The maximum atomic E-state index is 13.2. The van der Waals surface area contributed by atoms with E-state index < -0.39 is 0 Å². The first-order chi connectivity index (χ1) is 19.5. The third-order valence-corrected chi connectivity index (χ3v) is 8.37. The molecule has 0 unspecified atom stereocenters. The summed E-state index contributed by atoms with van der Waals surface area (Å²) in [5.41, 5.74) is 3.15. The molecule has 1 aliphatic carbocycles. The van der Waals surface area contributed by atoms with Crippen molar-refractivity contribution in [3.8, 4) is 5.69 Å². The second-order valence-corrected chi connectivity index (χ2v) is 12.8. The Morgan fingerprint density at radius 2 is 1.59 bits per heavy atom. The summed E-state index contributed by atoms with van der Waals surface area (Å²) in [6, 6.07) is 13.4. The van der Waals surface area contributed by atoms with Gasteiger partial charge in [0.15, 0.2) is 0 Å². The molecule has 3 amide bonds. The minimum absolute atomic E-state index is 0.171. The number of aromatic nitrogens is 3. The standard InChI is InChI=1S/C32H43N7O2/c1-23-9-12-25(13-10-23)39-28(21-26(36-39)31(2,3)4)35-30(41)34-24-11-14-27(33-22-24)37-17-19-38(20-18-37)29(40)32(5)15-7-6-8-16-32/h9-14,21-22H,6-8,15-20H2,1-5H3,(H2,34,35,41). The van der Waals surface area contributed by atoms with Gasteiger partial charge in [-0.2, -0.15) is 5.10 Å². The highest BCUT2D eigenvalue weighted by Crippen LogP contribution is 2.37. The third-order valence-electron chi connectivity index (χ3n) is 8.37. The number of urea groups is 1. The van der Waals surface area contributed by atoms with Crippen LogP contribution in [0.2, 0.25) is 0 Å². The lowest BCUT2D eigenvalue weighted by atomic mass is 9.74. The van der Waals surface area contributed by atoms with Gasteiger partial charge in [0, 0.05) is 43.1 Å². The Bertz CT molecular complexity index is 1360. The largest absolute Gasteiger partial charge is 0.353 e. The number of carbonyl (C=O) groups excluding carboxylic acids is 2. The Labute approximate surface area is 243 Å². The Morgan fingerprint density at radius 1 is 0.902 bits per heavy atom. The van der Waals surface area contributed by atoms with Gasteiger partial charge >= 0.3 is 6.03 Å². The first-order valence-corrected chi connectivity index (χ1v) is 14.8. The Hall–Kier alpha value is -3.88. The molecular formula is C32H43N7O2. The Balaban J connectivity index is 1.19. The van der Waals surface area contributed by atoms with E-state index in [4.69, 9.17) is 5.10 Å². The number of pyridine rings is 1. The normalized spacial score (nSPS) is 17.3. The first kappa shape index (κ1) is 28.6. The zero-order chi connectivity index (χ0) is 29.2. The van der Waals surface area contributed by atoms with Crippen LogP contribution in [-0.4, -0.2) is 57.8 Å². The average Bonchev–Trinajstić information content (AvgIpc) is 3.38. The predicted octanol–water partition coefficient (Wildman–Crippen LogP) is 6.14. The van der Waals surface area contributed by atoms with Gasteiger partial charge in [0.1, 0.15) is 11.6 Å². The van der Waals surface area contributed by atoms with Gasteiger partial charge in [-0.25, -0.2) is 14.5 Å². The maximum absolute atomic E-state index is 13.2. The van der Waals surface area contributed by atoms with E-state index in [2.05, 4.69) is 48.2 Å². The van der Waals surface area contributed by atoms with Crippen molar-refractivity contribution in [3.05, 3.63) is 59.9 Å². The summed E-state index contributed by atoms with van der Waals surface area (Å²) in [5.74, 6) is 1.75. The van der Waals surface area contributed by atoms with Gasteiger partial charge in [0.05, 0.1) is 23.3 Å². The molecular weight excluding hydrogens is 514 g/mol. The maximum Gasteiger partial charge on any atom is 0.324 e. The second-order valence-electron chi connectivity index (χ2n) is 12.8. The molecule has 9 nitrogen and oxygen atoms in total. The van der Waals surface area contributed by atoms with Crippen molar-refractivity contribution in [3.63, 3.8) is 0 Å². The van der Waals surface area contributed by atoms with Crippen molar-refractivity contribution in [2.45, 2.75) is 72.1 Å². The lowest BCUT2D eigenvalue weighted by Gasteiger charge is -2.41. The third kappa shape index (κ3) is 6.55. The molecule has 2 aromatic heterocycles. The number of hydrogen-bond donors (Lipinski definition) is 2. The van der Waals surface area contributed by atoms with Crippen LogP contribution in [0.5, 0.6) is 0 Å². The highest BCUT2D eigenvalue weighted by atomic mass is 16.2. The van der Waals surface area contributed by atoms with E-state index in [9.17, 15) is 9.59 Å². The SMILES string of the molecule is Cc1ccc(-n2nc(C(C)(C)C)cc2NC(=O)Nc2ccc(N3CCN(C(=O)C4(C)CCCCC4)CC3)nc2)cc1. The Morgan fingerprint density at radius 3 is 2.20 bits per heavy atom. The first-order valence-electron chi connectivity index (χ1n) is 14.8. The predicted molar refractivity (Wildman–Crippen MR) is 164 cm³/mol. The second kappa shape index (κ2) is 11.5. The fourth-order valence-electron chi connectivity index (χ4n) is 5.71. The summed E-state index contributed by atoms with van der Waals surface area (Å²) < 4.78 is 1.76. The van der Waals surface area contributed by atoms with Crippen LogP contribution in [-0.2, 0) is 10.2 Å². The van der Waals surface area contributed by atoms with Gasteiger partial charge in [0.25, 0.3) is 0 Å². The summed E-state index contributed by atoms with van der Waals surface area (Å²) in [6.45, 7) is 13.4. The molecule has 1 saturated carbocycles. The summed E-state index contributed by atoms with van der Waals surface area (Å²) in [4.78, 5) is 35.0. The number of carbonyl (C=O) groups is 2. The van der Waals surface area contributed by atoms with E-state index in [-0.39, 0.29) is 16.9 Å². The molecule has 9 heteroatoms. The summed E-state index contributed by atoms with van der Waals surface area (Å²) in [6.07, 6.45) is 7.22. The lowest BCUT2D eigenvalue weighted by Crippen LogP contribution is -2.53. The van der Waals surface area contributed by atoms with Gasteiger partial charge in [-0.1, -0.05) is 64.7 Å². The fraction of sp³-hybridized carbons (Fsp3) is 0.500. The highest BCUT2D eigenvalue weighted by molar-refractivity contribution is 5.99. The van der Waals surface area contributed by atoms with Gasteiger partial charge < -0.3 is 15.1 Å². The molecule has 1 aromatic carbocycles. The number of hydrogen-bond acceptors (Lipinski definition) is 5. The van der Waals surface area contributed by atoms with E-state index in [1.165, 1.54) is 6.42 Å². The van der Waals surface area contributed by atoms with Gasteiger partial charge in [-0.05, 0) is 44.0 Å². The number of amides is 3. The van der Waals surface area contributed by atoms with E-state index in [1.54, 1.807) is 10.9 Å². The van der Waals surface area contributed by atoms with Crippen molar-refractivity contribution in [2.24, 2.45) is 5.41 Å². The molecule has 2 aliphatic rings. The smallest absolute Gasteiger partial charge is 0.324 e. The van der Waals surface area contributed by atoms with E-state index in [0.717, 1.165) is 61.5 Å². The van der Waals surface area contributed by atoms with Crippen molar-refractivity contribution in [1.29, 1.82) is 0 Å². The van der Waals surface area contributed by atoms with Crippen LogP contribution in [0.4, 0.5) is 22.1 Å². The lowest BCUT2D eigenvalue weighted by molar-refractivity contribution is -0.143. The van der Waals surface area contributed by atoms with Crippen LogP contribution in [0, 0.1) is 12.3 Å². The molecule has 0 spiro atoms. The molecule has 0 radical (unpaired) electrons. The zero-order valence-electron chi connectivity index (χ0n) is 25.0. The summed E-state index contributed by atoms with van der Waals surface area (Å²) in [7, 11) is 0. The molecule has 0 atom stereocenters. The molecule has 0 bridgehead atoms. The Kier molecular flexibility index (Phi) is 8.07. The van der Waals surface area contributed by atoms with Crippen LogP contribution >= 0.6 is 0 Å². The van der Waals surface area contributed by atoms with Crippen LogP contribution < -0.4 is 15.5 Å². The number of nitrogens with zero attached hydrogens (tertiary/aromatic N) is 5. The highest BCUT2D eigenvalue weighted by Gasteiger charge is 2.38. The van der Waals surface area contributed by atoms with Crippen LogP contribution in [0.3, 0.4) is 0 Å². The molecule has 1 aliphatic heterocycles.